The molecule has 0 aliphatic carbocycles. The number of amides is 1. The molecule has 2 aliphatic heterocycles. The van der Waals surface area contributed by atoms with Gasteiger partial charge in [-0.2, -0.15) is 0 Å². The minimum Gasteiger partial charge on any atom is -0.473 e. The molecular weight excluding hydrogens is 403 g/mol. The Morgan fingerprint density at radius 3 is 3.06 bits per heavy atom. The molecule has 1 amide bonds. The number of pyridine rings is 1. The SMILES string of the molecule is C[C@@H](Nc1cccnc1C(N)=O)c1cc(F)cc2nc3c(nc12)N1CCOC[C@H]1CO3. The number of fused-ring (bicyclic) bond motifs is 4. The van der Waals surface area contributed by atoms with Gasteiger partial charge >= 0.3 is 0 Å². The molecule has 0 spiro atoms. The first-order chi connectivity index (χ1) is 15.0. The third-order valence-electron chi connectivity index (χ3n) is 5.51. The van der Waals surface area contributed by atoms with Crippen LogP contribution in [0.1, 0.15) is 29.0 Å². The van der Waals surface area contributed by atoms with Gasteiger partial charge in [0.1, 0.15) is 12.4 Å². The molecule has 2 atom stereocenters. The number of benzene rings is 1. The molecule has 2 aliphatic rings. The van der Waals surface area contributed by atoms with Crippen LogP contribution < -0.4 is 20.7 Å². The molecule has 9 nitrogen and oxygen atoms in total. The second-order valence-electron chi connectivity index (χ2n) is 7.58. The molecule has 10 heteroatoms. The Balaban J connectivity index is 1.58. The van der Waals surface area contributed by atoms with E-state index in [1.54, 1.807) is 12.1 Å². The Hall–Kier alpha value is -3.53. The first-order valence-corrected chi connectivity index (χ1v) is 10.0. The number of ether oxygens (including phenoxy) is 2. The summed E-state index contributed by atoms with van der Waals surface area (Å²) in [5, 5.41) is 3.20. The van der Waals surface area contributed by atoms with E-state index in [4.69, 9.17) is 20.2 Å². The Bertz CT molecular complexity index is 1170. The van der Waals surface area contributed by atoms with Gasteiger partial charge in [0.05, 0.1) is 42.0 Å². The molecule has 31 heavy (non-hydrogen) atoms. The number of morpholine rings is 1. The van der Waals surface area contributed by atoms with Crippen LogP contribution in [0.3, 0.4) is 0 Å². The average Bonchev–Trinajstić information content (AvgIpc) is 2.77. The quantitative estimate of drug-likeness (QED) is 0.654. The number of nitrogens with zero attached hydrogens (tertiary/aromatic N) is 4. The van der Waals surface area contributed by atoms with Crippen LogP contribution >= 0.6 is 0 Å². The zero-order valence-electron chi connectivity index (χ0n) is 16.8. The number of anilines is 2. The van der Waals surface area contributed by atoms with E-state index in [0.717, 1.165) is 0 Å². The van der Waals surface area contributed by atoms with E-state index in [1.807, 2.05) is 6.92 Å². The predicted octanol–water partition coefficient (Wildman–Crippen LogP) is 2.03. The van der Waals surface area contributed by atoms with Crippen molar-refractivity contribution in [3.63, 3.8) is 0 Å². The van der Waals surface area contributed by atoms with Crippen LogP contribution in [0.25, 0.3) is 11.0 Å². The number of carbonyl (C=O) groups is 1. The Labute approximate surface area is 177 Å². The maximum Gasteiger partial charge on any atom is 0.269 e. The van der Waals surface area contributed by atoms with Crippen LogP contribution in [-0.4, -0.2) is 53.3 Å². The summed E-state index contributed by atoms with van der Waals surface area (Å²) in [5.41, 5.74) is 7.55. The second kappa shape index (κ2) is 7.62. The van der Waals surface area contributed by atoms with Gasteiger partial charge in [-0.05, 0) is 25.1 Å². The van der Waals surface area contributed by atoms with Gasteiger partial charge in [0, 0.05) is 24.4 Å². The van der Waals surface area contributed by atoms with Crippen LogP contribution in [-0.2, 0) is 4.74 Å². The summed E-state index contributed by atoms with van der Waals surface area (Å²) in [4.78, 5) is 27.2. The number of rotatable bonds is 4. The van der Waals surface area contributed by atoms with Crippen LogP contribution in [0.2, 0.25) is 0 Å². The lowest BCUT2D eigenvalue weighted by atomic mass is 10.0. The van der Waals surface area contributed by atoms with Gasteiger partial charge in [0.15, 0.2) is 11.5 Å². The first kappa shape index (κ1) is 19.4. The van der Waals surface area contributed by atoms with Crippen LogP contribution in [0, 0.1) is 5.82 Å². The fraction of sp³-hybridized carbons (Fsp3) is 0.333. The molecule has 0 radical (unpaired) electrons. The summed E-state index contributed by atoms with van der Waals surface area (Å²) >= 11 is 0. The largest absolute Gasteiger partial charge is 0.473 e. The van der Waals surface area contributed by atoms with Crippen molar-refractivity contribution in [2.24, 2.45) is 5.73 Å². The predicted molar refractivity (Wildman–Crippen MR) is 112 cm³/mol. The summed E-state index contributed by atoms with van der Waals surface area (Å²) in [6.45, 7) is 4.14. The molecule has 4 heterocycles. The smallest absolute Gasteiger partial charge is 0.269 e. The topological polar surface area (TPSA) is 115 Å². The molecule has 3 N–H and O–H groups in total. The molecule has 5 rings (SSSR count). The number of halogens is 1. The second-order valence-corrected chi connectivity index (χ2v) is 7.58. The lowest BCUT2D eigenvalue weighted by Crippen LogP contribution is -2.51. The molecule has 0 bridgehead atoms. The molecule has 0 saturated carbocycles. The summed E-state index contributed by atoms with van der Waals surface area (Å²) < 4.78 is 25.8. The Morgan fingerprint density at radius 1 is 1.35 bits per heavy atom. The van der Waals surface area contributed by atoms with Gasteiger partial charge in [-0.3, -0.25) is 4.79 Å². The number of hydrogen-bond acceptors (Lipinski definition) is 8. The van der Waals surface area contributed by atoms with Gasteiger partial charge in [-0.15, -0.1) is 0 Å². The van der Waals surface area contributed by atoms with Gasteiger partial charge in [-0.1, -0.05) is 0 Å². The molecule has 1 saturated heterocycles. The van der Waals surface area contributed by atoms with Crippen LogP contribution in [0.5, 0.6) is 5.88 Å². The van der Waals surface area contributed by atoms with E-state index >= 15 is 0 Å². The van der Waals surface area contributed by atoms with E-state index in [-0.39, 0.29) is 11.7 Å². The van der Waals surface area contributed by atoms with E-state index < -0.39 is 17.8 Å². The van der Waals surface area contributed by atoms with Crippen molar-refractivity contribution in [3.05, 3.63) is 47.5 Å². The van der Waals surface area contributed by atoms with Crippen molar-refractivity contribution in [1.29, 1.82) is 0 Å². The number of hydrogen-bond donors (Lipinski definition) is 2. The highest BCUT2D eigenvalue weighted by Crippen LogP contribution is 2.36. The molecular formula is C21H21FN6O3. The van der Waals surface area contributed by atoms with Gasteiger partial charge in [-0.25, -0.2) is 19.3 Å². The number of carbonyl (C=O) groups excluding carboxylic acids is 1. The number of aromatic nitrogens is 3. The lowest BCUT2D eigenvalue weighted by molar-refractivity contribution is 0.0686. The van der Waals surface area contributed by atoms with Crippen LogP contribution in [0.4, 0.5) is 15.9 Å². The highest BCUT2D eigenvalue weighted by molar-refractivity contribution is 5.96. The highest BCUT2D eigenvalue weighted by atomic mass is 19.1. The zero-order chi connectivity index (χ0) is 21.5. The summed E-state index contributed by atoms with van der Waals surface area (Å²) in [6.07, 6.45) is 1.49. The molecule has 1 aromatic carbocycles. The van der Waals surface area contributed by atoms with Crippen molar-refractivity contribution in [1.82, 2.24) is 15.0 Å². The van der Waals surface area contributed by atoms with E-state index in [9.17, 15) is 9.18 Å². The normalized spacial score (nSPS) is 18.6. The monoisotopic (exact) mass is 424 g/mol. The molecule has 1 fully saturated rings. The fourth-order valence-corrected chi connectivity index (χ4v) is 4.02. The highest BCUT2D eigenvalue weighted by Gasteiger charge is 2.33. The van der Waals surface area contributed by atoms with Crippen molar-refractivity contribution >= 4 is 28.4 Å². The van der Waals surface area contributed by atoms with Crippen molar-refractivity contribution in [2.45, 2.75) is 19.0 Å². The van der Waals surface area contributed by atoms with Crippen molar-refractivity contribution < 1.29 is 18.7 Å². The average molecular weight is 424 g/mol. The first-order valence-electron chi connectivity index (χ1n) is 10.0. The summed E-state index contributed by atoms with van der Waals surface area (Å²) in [6, 6.07) is 5.81. The zero-order valence-corrected chi connectivity index (χ0v) is 16.8. The van der Waals surface area contributed by atoms with E-state index in [1.165, 1.54) is 18.3 Å². The maximum atomic E-state index is 14.5. The number of nitrogens with one attached hydrogen (secondary N) is 1. The maximum absolute atomic E-state index is 14.5. The number of primary amides is 1. The fourth-order valence-electron chi connectivity index (χ4n) is 4.02. The third-order valence-corrected chi connectivity index (χ3v) is 5.51. The van der Waals surface area contributed by atoms with E-state index in [0.29, 0.717) is 60.3 Å². The third kappa shape index (κ3) is 3.48. The van der Waals surface area contributed by atoms with Gasteiger partial charge < -0.3 is 25.4 Å². The summed E-state index contributed by atoms with van der Waals surface area (Å²) in [5.74, 6) is -0.0621. The minimum atomic E-state index is -0.649. The van der Waals surface area contributed by atoms with Gasteiger partial charge in [0.2, 0.25) is 0 Å². The van der Waals surface area contributed by atoms with E-state index in [2.05, 4.69) is 20.2 Å². The molecule has 3 aromatic rings. The van der Waals surface area contributed by atoms with Crippen molar-refractivity contribution in [3.8, 4) is 5.88 Å². The summed E-state index contributed by atoms with van der Waals surface area (Å²) in [7, 11) is 0. The minimum absolute atomic E-state index is 0.0703. The molecule has 0 unspecified atom stereocenters. The van der Waals surface area contributed by atoms with Crippen LogP contribution in [0.15, 0.2) is 30.5 Å². The Morgan fingerprint density at radius 2 is 2.23 bits per heavy atom. The standard InChI is InChI=1S/C21H21FN6O3/c1-11(25-15-3-2-4-24-18(15)19(23)29)14-7-12(22)8-16-17(14)27-20-21(26-16)31-10-13-9-30-6-5-28(13)20/h2-4,7-8,11,13,25H,5-6,9-10H2,1H3,(H2,23,29)/t11-,13+/m1/s1. The van der Waals surface area contributed by atoms with Crippen molar-refractivity contribution in [2.75, 3.05) is 36.6 Å². The molecule has 2 aromatic heterocycles. The lowest BCUT2D eigenvalue weighted by Gasteiger charge is -2.39. The molecule has 160 valence electrons. The Kier molecular flexibility index (Phi) is 4.78. The van der Waals surface area contributed by atoms with Gasteiger partial charge in [0.25, 0.3) is 11.8 Å². The number of nitrogens with two attached hydrogens (primary N) is 1.